The summed E-state index contributed by atoms with van der Waals surface area (Å²) in [5, 5.41) is 3.15. The standard InChI is InChI=1S/C22H29N3O/c1-2-19(20-9-5-3-6-10-20)17-23-22(26)18-24-13-15-25(16-14-24)21-11-7-4-8-12-21/h3-12,19H,2,13-18H2,1H3,(H,23,26)/p+1/t19-/m1/s1. The summed E-state index contributed by atoms with van der Waals surface area (Å²) in [6.45, 7) is 7.52. The van der Waals surface area contributed by atoms with Crippen molar-refractivity contribution in [1.29, 1.82) is 0 Å². The minimum absolute atomic E-state index is 0.169. The van der Waals surface area contributed by atoms with Crippen molar-refractivity contribution in [3.8, 4) is 0 Å². The Morgan fingerprint density at radius 3 is 2.27 bits per heavy atom. The molecule has 1 saturated heterocycles. The lowest BCUT2D eigenvalue weighted by Crippen LogP contribution is -3.16. The number of piperazine rings is 1. The van der Waals surface area contributed by atoms with Gasteiger partial charge in [0, 0.05) is 18.2 Å². The molecule has 4 nitrogen and oxygen atoms in total. The van der Waals surface area contributed by atoms with Crippen molar-refractivity contribution < 1.29 is 9.69 Å². The van der Waals surface area contributed by atoms with E-state index in [2.05, 4.69) is 65.7 Å². The van der Waals surface area contributed by atoms with Crippen LogP contribution >= 0.6 is 0 Å². The molecule has 1 amide bonds. The predicted octanol–water partition coefficient (Wildman–Crippen LogP) is 1.70. The highest BCUT2D eigenvalue weighted by Gasteiger charge is 2.22. The number of carbonyl (C=O) groups excluding carboxylic acids is 1. The van der Waals surface area contributed by atoms with E-state index in [9.17, 15) is 4.79 Å². The zero-order chi connectivity index (χ0) is 18.2. The van der Waals surface area contributed by atoms with E-state index in [0.717, 1.165) is 39.1 Å². The molecule has 1 atom stereocenters. The Labute approximate surface area is 156 Å². The zero-order valence-electron chi connectivity index (χ0n) is 15.7. The first kappa shape index (κ1) is 18.5. The van der Waals surface area contributed by atoms with Crippen LogP contribution in [-0.2, 0) is 4.79 Å². The van der Waals surface area contributed by atoms with Gasteiger partial charge in [0.25, 0.3) is 5.91 Å². The summed E-state index contributed by atoms with van der Waals surface area (Å²) in [4.78, 5) is 16.2. The smallest absolute Gasteiger partial charge is 0.275 e. The Morgan fingerprint density at radius 1 is 1.04 bits per heavy atom. The molecule has 0 bridgehead atoms. The quantitative estimate of drug-likeness (QED) is 0.796. The van der Waals surface area contributed by atoms with Crippen molar-refractivity contribution in [2.24, 2.45) is 0 Å². The number of nitrogens with zero attached hydrogens (tertiary/aromatic N) is 1. The van der Waals surface area contributed by atoms with E-state index in [1.807, 2.05) is 12.1 Å². The van der Waals surface area contributed by atoms with Gasteiger partial charge in [-0.05, 0) is 24.1 Å². The number of carbonyl (C=O) groups is 1. The number of anilines is 1. The number of hydrogen-bond acceptors (Lipinski definition) is 2. The van der Waals surface area contributed by atoms with E-state index >= 15 is 0 Å². The highest BCUT2D eigenvalue weighted by atomic mass is 16.2. The minimum Gasteiger partial charge on any atom is -0.360 e. The maximum absolute atomic E-state index is 12.4. The SMILES string of the molecule is CC[C@H](CNC(=O)C[NH+]1CCN(c2ccccc2)CC1)c1ccccc1. The van der Waals surface area contributed by atoms with Gasteiger partial charge in [0.2, 0.25) is 0 Å². The number of amides is 1. The van der Waals surface area contributed by atoms with Crippen LogP contribution in [0.2, 0.25) is 0 Å². The highest BCUT2D eigenvalue weighted by molar-refractivity contribution is 5.76. The van der Waals surface area contributed by atoms with Gasteiger partial charge in [-0.2, -0.15) is 0 Å². The van der Waals surface area contributed by atoms with Crippen molar-refractivity contribution in [3.63, 3.8) is 0 Å². The van der Waals surface area contributed by atoms with Crippen molar-refractivity contribution in [2.45, 2.75) is 19.3 Å². The van der Waals surface area contributed by atoms with Crippen molar-refractivity contribution in [1.82, 2.24) is 5.32 Å². The second kappa shape index (κ2) is 9.39. The molecule has 4 heteroatoms. The molecular weight excluding hydrogens is 322 g/mol. The topological polar surface area (TPSA) is 36.8 Å². The Morgan fingerprint density at radius 2 is 1.65 bits per heavy atom. The molecular formula is C22H30N3O+. The number of hydrogen-bond donors (Lipinski definition) is 2. The van der Waals surface area contributed by atoms with Crippen LogP contribution in [0.3, 0.4) is 0 Å². The first-order chi connectivity index (χ1) is 12.8. The van der Waals surface area contributed by atoms with Crippen LogP contribution in [0.15, 0.2) is 60.7 Å². The van der Waals surface area contributed by atoms with Crippen LogP contribution in [0.1, 0.15) is 24.8 Å². The molecule has 0 aliphatic carbocycles. The van der Waals surface area contributed by atoms with Crippen LogP contribution in [-0.4, -0.2) is 45.2 Å². The van der Waals surface area contributed by atoms with E-state index in [-0.39, 0.29) is 5.91 Å². The first-order valence-corrected chi connectivity index (χ1v) is 9.71. The summed E-state index contributed by atoms with van der Waals surface area (Å²) < 4.78 is 0. The van der Waals surface area contributed by atoms with Gasteiger partial charge in [-0.25, -0.2) is 0 Å². The molecule has 2 aromatic carbocycles. The van der Waals surface area contributed by atoms with Crippen molar-refractivity contribution in [2.75, 3.05) is 44.2 Å². The lowest BCUT2D eigenvalue weighted by Gasteiger charge is -2.33. The third kappa shape index (κ3) is 5.09. The van der Waals surface area contributed by atoms with Gasteiger partial charge in [-0.15, -0.1) is 0 Å². The number of quaternary nitrogens is 1. The Bertz CT molecular complexity index is 666. The van der Waals surface area contributed by atoms with E-state index in [1.165, 1.54) is 16.2 Å². The number of para-hydroxylation sites is 1. The average molecular weight is 353 g/mol. The van der Waals surface area contributed by atoms with Crippen LogP contribution < -0.4 is 15.1 Å². The van der Waals surface area contributed by atoms with Gasteiger partial charge in [0.05, 0.1) is 26.2 Å². The molecule has 1 heterocycles. The monoisotopic (exact) mass is 352 g/mol. The van der Waals surface area contributed by atoms with E-state index < -0.39 is 0 Å². The van der Waals surface area contributed by atoms with Crippen LogP contribution in [0, 0.1) is 0 Å². The predicted molar refractivity (Wildman–Crippen MR) is 107 cm³/mol. The maximum atomic E-state index is 12.4. The minimum atomic E-state index is 0.169. The largest absolute Gasteiger partial charge is 0.360 e. The molecule has 1 aliphatic heterocycles. The molecule has 26 heavy (non-hydrogen) atoms. The first-order valence-electron chi connectivity index (χ1n) is 9.71. The molecule has 3 rings (SSSR count). The maximum Gasteiger partial charge on any atom is 0.275 e. The fourth-order valence-corrected chi connectivity index (χ4v) is 3.65. The summed E-state index contributed by atoms with van der Waals surface area (Å²) >= 11 is 0. The molecule has 0 unspecified atom stereocenters. The second-order valence-corrected chi connectivity index (χ2v) is 7.07. The van der Waals surface area contributed by atoms with Gasteiger partial charge in [-0.3, -0.25) is 4.79 Å². The molecule has 2 N–H and O–H groups in total. The van der Waals surface area contributed by atoms with E-state index in [1.54, 1.807) is 0 Å². The third-order valence-electron chi connectivity index (χ3n) is 5.31. The third-order valence-corrected chi connectivity index (χ3v) is 5.31. The Hall–Kier alpha value is -2.33. The molecule has 2 aromatic rings. The molecule has 1 fully saturated rings. The molecule has 0 aromatic heterocycles. The average Bonchev–Trinajstić information content (AvgIpc) is 2.70. The van der Waals surface area contributed by atoms with Gasteiger partial charge >= 0.3 is 0 Å². The summed E-state index contributed by atoms with van der Waals surface area (Å²) in [5.41, 5.74) is 2.59. The lowest BCUT2D eigenvalue weighted by molar-refractivity contribution is -0.892. The van der Waals surface area contributed by atoms with E-state index in [0.29, 0.717) is 12.5 Å². The lowest BCUT2D eigenvalue weighted by atomic mass is 9.96. The Balaban J connectivity index is 1.41. The number of rotatable bonds is 7. The molecule has 0 radical (unpaired) electrons. The van der Waals surface area contributed by atoms with Gasteiger partial charge in [0.15, 0.2) is 6.54 Å². The van der Waals surface area contributed by atoms with Gasteiger partial charge in [-0.1, -0.05) is 55.5 Å². The number of benzene rings is 2. The van der Waals surface area contributed by atoms with E-state index in [4.69, 9.17) is 0 Å². The van der Waals surface area contributed by atoms with Crippen LogP contribution in [0.4, 0.5) is 5.69 Å². The Kier molecular flexibility index (Phi) is 6.67. The second-order valence-electron chi connectivity index (χ2n) is 7.07. The van der Waals surface area contributed by atoms with Crippen LogP contribution in [0.25, 0.3) is 0 Å². The number of nitrogens with one attached hydrogen (secondary N) is 2. The normalized spacial score (nSPS) is 16.3. The summed E-state index contributed by atoms with van der Waals surface area (Å²) in [6.07, 6.45) is 1.03. The van der Waals surface area contributed by atoms with Crippen LogP contribution in [0.5, 0.6) is 0 Å². The zero-order valence-corrected chi connectivity index (χ0v) is 15.7. The van der Waals surface area contributed by atoms with Crippen molar-refractivity contribution >= 4 is 11.6 Å². The molecule has 0 saturated carbocycles. The highest BCUT2D eigenvalue weighted by Crippen LogP contribution is 2.17. The molecule has 138 valence electrons. The molecule has 0 spiro atoms. The van der Waals surface area contributed by atoms with Gasteiger partial charge in [0.1, 0.15) is 0 Å². The fourth-order valence-electron chi connectivity index (χ4n) is 3.65. The van der Waals surface area contributed by atoms with Gasteiger partial charge < -0.3 is 15.1 Å². The van der Waals surface area contributed by atoms with Crippen molar-refractivity contribution in [3.05, 3.63) is 66.2 Å². The molecule has 1 aliphatic rings. The summed E-state index contributed by atoms with van der Waals surface area (Å²) in [6, 6.07) is 21.0. The summed E-state index contributed by atoms with van der Waals surface area (Å²) in [7, 11) is 0. The fraction of sp³-hybridized carbons (Fsp3) is 0.409. The summed E-state index contributed by atoms with van der Waals surface area (Å²) in [5.74, 6) is 0.563.